The highest BCUT2D eigenvalue weighted by molar-refractivity contribution is 5.78. The fourth-order valence-corrected chi connectivity index (χ4v) is 1.78. The summed E-state index contributed by atoms with van der Waals surface area (Å²) in [5, 5.41) is 8.34. The molecule has 5 nitrogen and oxygen atoms in total. The van der Waals surface area contributed by atoms with Gasteiger partial charge in [-0.05, 0) is 26.2 Å². The third kappa shape index (κ3) is 3.87. The zero-order chi connectivity index (χ0) is 11.3. The fourth-order valence-electron chi connectivity index (χ4n) is 1.78. The van der Waals surface area contributed by atoms with Gasteiger partial charge in [0.2, 0.25) is 5.91 Å². The molecule has 0 aromatic heterocycles. The van der Waals surface area contributed by atoms with Crippen molar-refractivity contribution in [2.24, 2.45) is 0 Å². The van der Waals surface area contributed by atoms with E-state index in [1.54, 1.807) is 4.90 Å². The number of aliphatic carboxylic acids is 1. The molecular weight excluding hydrogens is 198 g/mol. The molecule has 1 aliphatic rings. The minimum absolute atomic E-state index is 0.108. The predicted molar refractivity (Wildman–Crippen MR) is 53.5 cm³/mol. The van der Waals surface area contributed by atoms with Crippen molar-refractivity contribution in [2.45, 2.75) is 32.2 Å². The second kappa shape index (κ2) is 5.70. The van der Waals surface area contributed by atoms with Crippen molar-refractivity contribution in [1.82, 2.24) is 4.90 Å². The summed E-state index contributed by atoms with van der Waals surface area (Å²) in [6, 6.07) is 0.250. The van der Waals surface area contributed by atoms with Gasteiger partial charge in [-0.25, -0.2) is 4.79 Å². The maximum atomic E-state index is 11.6. The number of hydrogen-bond acceptors (Lipinski definition) is 3. The molecule has 0 saturated carbocycles. The van der Waals surface area contributed by atoms with E-state index in [4.69, 9.17) is 9.84 Å². The minimum Gasteiger partial charge on any atom is -0.480 e. The van der Waals surface area contributed by atoms with E-state index in [0.29, 0.717) is 0 Å². The van der Waals surface area contributed by atoms with Crippen LogP contribution in [0.1, 0.15) is 26.2 Å². The van der Waals surface area contributed by atoms with Crippen LogP contribution >= 0.6 is 0 Å². The summed E-state index contributed by atoms with van der Waals surface area (Å²) in [5.74, 6) is -1.15. The fraction of sp³-hybridized carbons (Fsp3) is 0.800. The number of likely N-dealkylation sites (tertiary alicyclic amines) is 1. The summed E-state index contributed by atoms with van der Waals surface area (Å²) in [5.41, 5.74) is 0. The summed E-state index contributed by atoms with van der Waals surface area (Å²) in [4.78, 5) is 23.5. The van der Waals surface area contributed by atoms with E-state index in [1.165, 1.54) is 0 Å². The van der Waals surface area contributed by atoms with E-state index in [-0.39, 0.29) is 18.6 Å². The Bertz CT molecular complexity index is 242. The van der Waals surface area contributed by atoms with E-state index < -0.39 is 12.6 Å². The second-order valence-corrected chi connectivity index (χ2v) is 3.82. The number of nitrogens with zero attached hydrogens (tertiary/aromatic N) is 1. The van der Waals surface area contributed by atoms with Gasteiger partial charge in [-0.3, -0.25) is 4.79 Å². The molecule has 1 saturated heterocycles. The zero-order valence-corrected chi connectivity index (χ0v) is 8.94. The minimum atomic E-state index is -1.05. The number of hydrogen-bond donors (Lipinski definition) is 1. The lowest BCUT2D eigenvalue weighted by atomic mass is 10.0. The van der Waals surface area contributed by atoms with Gasteiger partial charge in [0.1, 0.15) is 13.2 Å². The third-order valence-electron chi connectivity index (χ3n) is 2.57. The summed E-state index contributed by atoms with van der Waals surface area (Å²) in [6.45, 7) is 2.23. The predicted octanol–water partition coefficient (Wildman–Crippen LogP) is 0.489. The van der Waals surface area contributed by atoms with Crippen molar-refractivity contribution in [3.8, 4) is 0 Å². The second-order valence-electron chi connectivity index (χ2n) is 3.82. The Balaban J connectivity index is 2.29. The van der Waals surface area contributed by atoms with Crippen molar-refractivity contribution in [1.29, 1.82) is 0 Å². The lowest BCUT2D eigenvalue weighted by molar-refractivity contribution is -0.147. The van der Waals surface area contributed by atoms with Crippen LogP contribution in [0.3, 0.4) is 0 Å². The molecule has 1 unspecified atom stereocenters. The highest BCUT2D eigenvalue weighted by Crippen LogP contribution is 2.16. The van der Waals surface area contributed by atoms with Crippen LogP contribution in [0.4, 0.5) is 0 Å². The molecule has 1 aliphatic heterocycles. The van der Waals surface area contributed by atoms with E-state index in [0.717, 1.165) is 25.8 Å². The largest absolute Gasteiger partial charge is 0.480 e. The van der Waals surface area contributed by atoms with Crippen LogP contribution in [0.15, 0.2) is 0 Å². The first-order valence-electron chi connectivity index (χ1n) is 5.20. The van der Waals surface area contributed by atoms with Crippen LogP contribution in [0, 0.1) is 0 Å². The molecule has 1 rings (SSSR count). The SMILES string of the molecule is CC1CCCCN1C(=O)COCC(=O)O. The lowest BCUT2D eigenvalue weighted by Crippen LogP contribution is -2.44. The molecule has 1 atom stereocenters. The molecule has 0 bridgehead atoms. The zero-order valence-electron chi connectivity index (χ0n) is 8.94. The Morgan fingerprint density at radius 3 is 2.73 bits per heavy atom. The van der Waals surface area contributed by atoms with E-state index in [1.807, 2.05) is 6.92 Å². The normalized spacial score (nSPS) is 21.4. The molecule has 1 amide bonds. The molecule has 0 aliphatic carbocycles. The Morgan fingerprint density at radius 1 is 1.40 bits per heavy atom. The number of carboxylic acid groups (broad SMARTS) is 1. The molecule has 0 aromatic rings. The van der Waals surface area contributed by atoms with Gasteiger partial charge in [0, 0.05) is 12.6 Å². The third-order valence-corrected chi connectivity index (χ3v) is 2.57. The van der Waals surface area contributed by atoms with Crippen LogP contribution in [-0.4, -0.2) is 47.7 Å². The Hall–Kier alpha value is -1.10. The maximum absolute atomic E-state index is 11.6. The van der Waals surface area contributed by atoms with Crippen LogP contribution in [0.2, 0.25) is 0 Å². The Labute approximate surface area is 89.0 Å². The van der Waals surface area contributed by atoms with E-state index in [2.05, 4.69) is 0 Å². The molecule has 1 fully saturated rings. The molecule has 1 N–H and O–H groups in total. The number of piperidine rings is 1. The number of carboxylic acids is 1. The van der Waals surface area contributed by atoms with Gasteiger partial charge in [0.25, 0.3) is 0 Å². The smallest absolute Gasteiger partial charge is 0.329 e. The molecule has 0 spiro atoms. The van der Waals surface area contributed by atoms with Crippen LogP contribution in [-0.2, 0) is 14.3 Å². The van der Waals surface area contributed by atoms with Crippen LogP contribution in [0.25, 0.3) is 0 Å². The van der Waals surface area contributed by atoms with Gasteiger partial charge < -0.3 is 14.7 Å². The molecule has 86 valence electrons. The molecule has 0 radical (unpaired) electrons. The van der Waals surface area contributed by atoms with Gasteiger partial charge in [-0.15, -0.1) is 0 Å². The van der Waals surface area contributed by atoms with Gasteiger partial charge in [-0.2, -0.15) is 0 Å². The van der Waals surface area contributed by atoms with Crippen molar-refractivity contribution < 1.29 is 19.4 Å². The van der Waals surface area contributed by atoms with Crippen molar-refractivity contribution in [2.75, 3.05) is 19.8 Å². The van der Waals surface area contributed by atoms with Gasteiger partial charge in [0.15, 0.2) is 0 Å². The summed E-state index contributed by atoms with van der Waals surface area (Å²) < 4.78 is 4.77. The standard InChI is InChI=1S/C10H17NO4/c1-8-4-2-3-5-11(8)9(12)6-15-7-10(13)14/h8H,2-7H2,1H3,(H,13,14). The van der Waals surface area contributed by atoms with E-state index >= 15 is 0 Å². The first-order chi connectivity index (χ1) is 7.11. The number of rotatable bonds is 4. The van der Waals surface area contributed by atoms with Gasteiger partial charge in [-0.1, -0.05) is 0 Å². The molecule has 0 aromatic carbocycles. The van der Waals surface area contributed by atoms with Crippen molar-refractivity contribution >= 4 is 11.9 Å². The summed E-state index contributed by atoms with van der Waals surface area (Å²) in [7, 11) is 0. The topological polar surface area (TPSA) is 66.8 Å². The monoisotopic (exact) mass is 215 g/mol. The quantitative estimate of drug-likeness (QED) is 0.741. The Kier molecular flexibility index (Phi) is 4.55. The number of ether oxygens (including phenoxy) is 1. The highest BCUT2D eigenvalue weighted by atomic mass is 16.5. The first kappa shape index (κ1) is 12.0. The molecular formula is C10H17NO4. The van der Waals surface area contributed by atoms with Crippen LogP contribution < -0.4 is 0 Å². The first-order valence-corrected chi connectivity index (χ1v) is 5.20. The highest BCUT2D eigenvalue weighted by Gasteiger charge is 2.22. The van der Waals surface area contributed by atoms with Crippen molar-refractivity contribution in [3.63, 3.8) is 0 Å². The molecule has 15 heavy (non-hydrogen) atoms. The van der Waals surface area contributed by atoms with Crippen molar-refractivity contribution in [3.05, 3.63) is 0 Å². The number of carbonyl (C=O) groups excluding carboxylic acids is 1. The summed E-state index contributed by atoms with van der Waals surface area (Å²) >= 11 is 0. The average molecular weight is 215 g/mol. The lowest BCUT2D eigenvalue weighted by Gasteiger charge is -2.33. The average Bonchev–Trinajstić information content (AvgIpc) is 2.17. The number of carbonyl (C=O) groups is 2. The summed E-state index contributed by atoms with van der Waals surface area (Å²) in [6.07, 6.45) is 3.20. The Morgan fingerprint density at radius 2 is 2.13 bits per heavy atom. The molecule has 5 heteroatoms. The van der Waals surface area contributed by atoms with Crippen LogP contribution in [0.5, 0.6) is 0 Å². The van der Waals surface area contributed by atoms with E-state index in [9.17, 15) is 9.59 Å². The van der Waals surface area contributed by atoms with Gasteiger partial charge in [0.05, 0.1) is 0 Å². The van der Waals surface area contributed by atoms with Gasteiger partial charge >= 0.3 is 5.97 Å². The maximum Gasteiger partial charge on any atom is 0.329 e. The number of amides is 1. The molecule has 1 heterocycles.